The molecule has 7 nitrogen and oxygen atoms in total. The number of primary amides is 1. The summed E-state index contributed by atoms with van der Waals surface area (Å²) in [5.41, 5.74) is 5.48. The van der Waals surface area contributed by atoms with Gasteiger partial charge < -0.3 is 15.2 Å². The molecular weight excluding hydrogens is 426 g/mol. The zero-order chi connectivity index (χ0) is 21.6. The zero-order valence-electron chi connectivity index (χ0n) is 16.5. The molecule has 0 saturated carbocycles. The van der Waals surface area contributed by atoms with Gasteiger partial charge in [-0.2, -0.15) is 0 Å². The van der Waals surface area contributed by atoms with E-state index in [4.69, 9.17) is 15.2 Å². The first-order valence-electron chi connectivity index (χ1n) is 9.79. The number of rotatable bonds is 10. The van der Waals surface area contributed by atoms with Crippen molar-refractivity contribution >= 4 is 32.9 Å². The maximum Gasteiger partial charge on any atom is 0.239 e. The molecule has 2 aromatic rings. The van der Waals surface area contributed by atoms with E-state index in [1.54, 1.807) is 12.1 Å². The molecule has 1 aliphatic rings. The lowest BCUT2D eigenvalue weighted by Crippen LogP contribution is -2.53. The van der Waals surface area contributed by atoms with Gasteiger partial charge in [0.1, 0.15) is 5.75 Å². The van der Waals surface area contributed by atoms with Crippen molar-refractivity contribution in [2.45, 2.75) is 41.7 Å². The molecular formula is C21H25NO6S2. The van der Waals surface area contributed by atoms with Crippen LogP contribution in [0.2, 0.25) is 0 Å². The summed E-state index contributed by atoms with van der Waals surface area (Å²) in [6.07, 6.45) is 1.99. The SMILES string of the molecule is NC(=O)C1(S(=O)(=O)c2ccc(OCCCCC(=O)c3cccs3)cc2)CCOCC1. The van der Waals surface area contributed by atoms with Crippen molar-refractivity contribution in [1.29, 1.82) is 0 Å². The molecule has 1 aromatic carbocycles. The first-order valence-corrected chi connectivity index (χ1v) is 12.1. The summed E-state index contributed by atoms with van der Waals surface area (Å²) in [5.74, 6) is -0.182. The monoisotopic (exact) mass is 451 g/mol. The van der Waals surface area contributed by atoms with E-state index in [1.807, 2.05) is 17.5 Å². The number of sulfone groups is 1. The van der Waals surface area contributed by atoms with Crippen molar-refractivity contribution < 1.29 is 27.5 Å². The highest BCUT2D eigenvalue weighted by Crippen LogP contribution is 2.35. The van der Waals surface area contributed by atoms with Gasteiger partial charge in [-0.15, -0.1) is 11.3 Å². The smallest absolute Gasteiger partial charge is 0.239 e. The van der Waals surface area contributed by atoms with Gasteiger partial charge in [-0.3, -0.25) is 9.59 Å². The van der Waals surface area contributed by atoms with Crippen molar-refractivity contribution in [3.8, 4) is 5.75 Å². The largest absolute Gasteiger partial charge is 0.494 e. The number of ether oxygens (including phenoxy) is 2. The highest BCUT2D eigenvalue weighted by molar-refractivity contribution is 7.93. The molecule has 0 bridgehead atoms. The fourth-order valence-corrected chi connectivity index (χ4v) is 6.04. The standard InChI is InChI=1S/C21H25NO6S2/c22-20(24)21(10-13-27-14-11-21)30(25,26)17-8-6-16(7-9-17)28-12-2-1-4-18(23)19-5-3-15-29-19/h3,5-9,15H,1-2,4,10-14H2,(H2,22,24). The summed E-state index contributed by atoms with van der Waals surface area (Å²) < 4.78 is 35.4. The molecule has 0 radical (unpaired) electrons. The number of hydrogen-bond donors (Lipinski definition) is 1. The van der Waals surface area contributed by atoms with Crippen molar-refractivity contribution in [2.75, 3.05) is 19.8 Å². The minimum atomic E-state index is -3.95. The van der Waals surface area contributed by atoms with Gasteiger partial charge in [0.15, 0.2) is 20.4 Å². The predicted octanol–water partition coefficient (Wildman–Crippen LogP) is 2.99. The van der Waals surface area contributed by atoms with E-state index in [2.05, 4.69) is 0 Å². The van der Waals surface area contributed by atoms with Gasteiger partial charge in [0.2, 0.25) is 5.91 Å². The number of carbonyl (C=O) groups excluding carboxylic acids is 2. The van der Waals surface area contributed by atoms with Crippen LogP contribution in [0, 0.1) is 0 Å². The van der Waals surface area contributed by atoms with E-state index in [-0.39, 0.29) is 36.7 Å². The lowest BCUT2D eigenvalue weighted by molar-refractivity contribution is -0.122. The minimum absolute atomic E-state index is 0.0390. The van der Waals surface area contributed by atoms with E-state index >= 15 is 0 Å². The molecule has 162 valence electrons. The molecule has 1 aromatic heterocycles. The number of thiophene rings is 1. The summed E-state index contributed by atoms with van der Waals surface area (Å²) in [4.78, 5) is 24.8. The lowest BCUT2D eigenvalue weighted by Gasteiger charge is -2.33. The molecule has 1 amide bonds. The van der Waals surface area contributed by atoms with Gasteiger partial charge in [0.25, 0.3) is 0 Å². The molecule has 0 atom stereocenters. The van der Waals surface area contributed by atoms with Crippen LogP contribution in [0.1, 0.15) is 41.8 Å². The molecule has 0 spiro atoms. The quantitative estimate of drug-likeness (QED) is 0.439. The third kappa shape index (κ3) is 4.74. The van der Waals surface area contributed by atoms with Gasteiger partial charge in [0.05, 0.1) is 16.4 Å². The Morgan fingerprint density at radius 3 is 2.40 bits per heavy atom. The summed E-state index contributed by atoms with van der Waals surface area (Å²) in [6, 6.07) is 9.69. The number of benzene rings is 1. The Morgan fingerprint density at radius 2 is 1.80 bits per heavy atom. The Bertz CT molecular complexity index is 961. The molecule has 9 heteroatoms. The van der Waals surface area contributed by atoms with Crippen molar-refractivity contribution in [3.05, 3.63) is 46.7 Å². The van der Waals surface area contributed by atoms with Crippen molar-refractivity contribution in [3.63, 3.8) is 0 Å². The number of Topliss-reactive ketones (excluding diaryl/α,β-unsaturated/α-hetero) is 1. The third-order valence-corrected chi connectivity index (χ3v) is 8.70. The molecule has 1 fully saturated rings. The van der Waals surface area contributed by atoms with Crippen LogP contribution in [0.15, 0.2) is 46.7 Å². The first kappa shape index (κ1) is 22.5. The van der Waals surface area contributed by atoms with Crippen LogP contribution >= 0.6 is 11.3 Å². The Labute approximate surface area is 180 Å². The van der Waals surface area contributed by atoms with E-state index in [0.29, 0.717) is 31.6 Å². The number of amides is 1. The fraction of sp³-hybridized carbons (Fsp3) is 0.429. The first-order chi connectivity index (χ1) is 14.4. The molecule has 30 heavy (non-hydrogen) atoms. The second-order valence-electron chi connectivity index (χ2n) is 7.15. The average Bonchev–Trinajstić information content (AvgIpc) is 3.29. The van der Waals surface area contributed by atoms with Gasteiger partial charge >= 0.3 is 0 Å². The lowest BCUT2D eigenvalue weighted by atomic mass is 9.98. The molecule has 2 N–H and O–H groups in total. The maximum atomic E-state index is 13.1. The maximum absolute atomic E-state index is 13.1. The van der Waals surface area contributed by atoms with Crippen molar-refractivity contribution in [2.24, 2.45) is 5.73 Å². The number of hydrogen-bond acceptors (Lipinski definition) is 7. The second-order valence-corrected chi connectivity index (χ2v) is 10.4. The summed E-state index contributed by atoms with van der Waals surface area (Å²) in [6.45, 7) is 0.781. The fourth-order valence-electron chi connectivity index (χ4n) is 3.43. The Balaban J connectivity index is 1.54. The Morgan fingerprint density at radius 1 is 1.10 bits per heavy atom. The van der Waals surface area contributed by atoms with Gasteiger partial charge in [-0.25, -0.2) is 8.42 Å². The number of carbonyl (C=O) groups is 2. The van der Waals surface area contributed by atoms with E-state index in [9.17, 15) is 18.0 Å². The van der Waals surface area contributed by atoms with Crippen LogP contribution in [-0.2, 0) is 19.4 Å². The molecule has 1 saturated heterocycles. The van der Waals surface area contributed by atoms with Crippen LogP contribution in [-0.4, -0.2) is 44.7 Å². The number of unbranched alkanes of at least 4 members (excludes halogenated alkanes) is 1. The topological polar surface area (TPSA) is 113 Å². The van der Waals surface area contributed by atoms with Gasteiger partial charge in [0, 0.05) is 19.6 Å². The highest BCUT2D eigenvalue weighted by Gasteiger charge is 2.51. The molecule has 2 heterocycles. The van der Waals surface area contributed by atoms with Gasteiger partial charge in [-0.1, -0.05) is 6.07 Å². The van der Waals surface area contributed by atoms with E-state index in [1.165, 1.54) is 23.5 Å². The minimum Gasteiger partial charge on any atom is -0.494 e. The average molecular weight is 452 g/mol. The Kier molecular flexibility index (Phi) is 7.27. The normalized spacial score (nSPS) is 16.1. The summed E-state index contributed by atoms with van der Waals surface area (Å²) >= 11 is 1.44. The summed E-state index contributed by atoms with van der Waals surface area (Å²) in [7, 11) is -3.95. The van der Waals surface area contributed by atoms with Crippen LogP contribution in [0.5, 0.6) is 5.75 Å². The van der Waals surface area contributed by atoms with Crippen LogP contribution in [0.25, 0.3) is 0 Å². The second kappa shape index (κ2) is 9.72. The Hall–Kier alpha value is -2.23. The predicted molar refractivity (Wildman–Crippen MR) is 114 cm³/mol. The summed E-state index contributed by atoms with van der Waals surface area (Å²) in [5, 5.41) is 1.88. The van der Waals surface area contributed by atoms with Crippen LogP contribution < -0.4 is 10.5 Å². The van der Waals surface area contributed by atoms with Crippen molar-refractivity contribution in [1.82, 2.24) is 0 Å². The third-order valence-electron chi connectivity index (χ3n) is 5.26. The number of nitrogens with two attached hydrogens (primary N) is 1. The number of ketones is 1. The van der Waals surface area contributed by atoms with Crippen LogP contribution in [0.4, 0.5) is 0 Å². The molecule has 0 aliphatic carbocycles. The van der Waals surface area contributed by atoms with Gasteiger partial charge in [-0.05, 0) is 61.4 Å². The molecule has 0 unspecified atom stereocenters. The zero-order valence-corrected chi connectivity index (χ0v) is 18.2. The van der Waals surface area contributed by atoms with Crippen LogP contribution in [0.3, 0.4) is 0 Å². The molecule has 1 aliphatic heterocycles. The molecule has 3 rings (SSSR count). The van der Waals surface area contributed by atoms with E-state index < -0.39 is 20.5 Å². The van der Waals surface area contributed by atoms with E-state index in [0.717, 1.165) is 4.88 Å². The highest BCUT2D eigenvalue weighted by atomic mass is 32.2.